The average molecular weight is 758 g/mol. The molecule has 13 heteroatoms. The van der Waals surface area contributed by atoms with Crippen molar-refractivity contribution < 1.29 is 32.0 Å². The Hall–Kier alpha value is -2.63. The van der Waals surface area contributed by atoms with Crippen molar-refractivity contribution in [3.63, 3.8) is 0 Å². The molecule has 0 aromatic heterocycles. The summed E-state index contributed by atoms with van der Waals surface area (Å²) in [6.07, 6.45) is -2.18. The summed E-state index contributed by atoms with van der Waals surface area (Å²) < 4.78 is 58.6. The lowest BCUT2D eigenvalue weighted by atomic mass is 9.74. The maximum absolute atomic E-state index is 13.8. The molecular formula is C36H38Cl3F3N2O4S. The van der Waals surface area contributed by atoms with Crippen LogP contribution in [0.2, 0.25) is 15.1 Å². The van der Waals surface area contributed by atoms with E-state index in [2.05, 4.69) is 12.1 Å². The zero-order valence-electron chi connectivity index (χ0n) is 27.2. The van der Waals surface area contributed by atoms with Crippen molar-refractivity contribution in [1.82, 2.24) is 9.80 Å². The van der Waals surface area contributed by atoms with Gasteiger partial charge in [-0.25, -0.2) is 4.79 Å². The molecule has 2 atom stereocenters. The highest BCUT2D eigenvalue weighted by Crippen LogP contribution is 2.53. The highest BCUT2D eigenvalue weighted by atomic mass is 35.5. The summed E-state index contributed by atoms with van der Waals surface area (Å²) in [5.41, 5.74) is 1.49. The number of hydrogen-bond acceptors (Lipinski definition) is 4. The van der Waals surface area contributed by atoms with Crippen LogP contribution in [-0.2, 0) is 32.0 Å². The van der Waals surface area contributed by atoms with Crippen molar-refractivity contribution in [3.05, 3.63) is 98.5 Å². The van der Waals surface area contributed by atoms with Crippen LogP contribution in [0.1, 0.15) is 68.1 Å². The van der Waals surface area contributed by atoms with Crippen LogP contribution < -0.4 is 4.74 Å². The molecule has 49 heavy (non-hydrogen) atoms. The number of benzene rings is 3. The predicted molar refractivity (Wildman–Crippen MR) is 187 cm³/mol. The molecular weight excluding hydrogens is 720 g/mol. The van der Waals surface area contributed by atoms with Crippen molar-refractivity contribution in [1.29, 1.82) is 0 Å². The van der Waals surface area contributed by atoms with Gasteiger partial charge >= 0.3 is 12.3 Å². The largest absolute Gasteiger partial charge is 0.615 e. The second kappa shape index (κ2) is 15.3. The Morgan fingerprint density at radius 2 is 1.65 bits per heavy atom. The van der Waals surface area contributed by atoms with Gasteiger partial charge in [-0.1, -0.05) is 78.0 Å². The van der Waals surface area contributed by atoms with E-state index in [1.165, 1.54) is 36.7 Å². The lowest BCUT2D eigenvalue weighted by molar-refractivity contribution is -0.161. The standard InChI is InChI=1S/C36H38Cl3F3N2O4S/c1-43(32(45)21-36(40,41)42)23-34(26-9-14-30(38)31(39)20-26,44(2)33(46)48-28-12-10-27(37)11-13-28)17-5-6-24-15-18-35(19-16-24)29-8-4-3-7-25(29)22-49(35)47/h3-4,7-14,20,24H,5-6,15-19,21-23H2,1-2H3/t24?,34-,35?,49?/m1/s1. The Balaban J connectivity index is 1.41. The Morgan fingerprint density at radius 1 is 0.980 bits per heavy atom. The van der Waals surface area contributed by atoms with Gasteiger partial charge in [0.2, 0.25) is 5.91 Å². The monoisotopic (exact) mass is 756 g/mol. The van der Waals surface area contributed by atoms with Gasteiger partial charge < -0.3 is 14.2 Å². The Bertz CT molecular complexity index is 1650. The van der Waals surface area contributed by atoms with Gasteiger partial charge in [0.25, 0.3) is 0 Å². The third-order valence-electron chi connectivity index (χ3n) is 10.0. The summed E-state index contributed by atoms with van der Waals surface area (Å²) in [7, 11) is 2.79. The maximum Gasteiger partial charge on any atom is 0.415 e. The topological polar surface area (TPSA) is 72.9 Å². The van der Waals surface area contributed by atoms with Crippen LogP contribution in [0.15, 0.2) is 66.7 Å². The number of alkyl halides is 3. The molecule has 1 aliphatic carbocycles. The molecule has 6 nitrogen and oxygen atoms in total. The number of ether oxygens (including phenoxy) is 1. The van der Waals surface area contributed by atoms with Crippen LogP contribution in [0.5, 0.6) is 5.75 Å². The molecule has 0 bridgehead atoms. The van der Waals surface area contributed by atoms with Crippen LogP contribution in [0.25, 0.3) is 0 Å². The highest BCUT2D eigenvalue weighted by Gasteiger charge is 2.52. The van der Waals surface area contributed by atoms with Crippen LogP contribution >= 0.6 is 34.8 Å². The molecule has 264 valence electrons. The van der Waals surface area contributed by atoms with E-state index in [0.717, 1.165) is 42.6 Å². The third-order valence-corrected chi connectivity index (χ3v) is 13.1. The number of fused-ring (bicyclic) bond motifs is 2. The fourth-order valence-electron chi connectivity index (χ4n) is 7.31. The van der Waals surface area contributed by atoms with E-state index in [1.54, 1.807) is 30.3 Å². The Kier molecular flexibility index (Phi) is 11.8. The maximum atomic E-state index is 13.8. The molecule has 1 unspecified atom stereocenters. The van der Waals surface area contributed by atoms with E-state index >= 15 is 0 Å². The van der Waals surface area contributed by atoms with Gasteiger partial charge in [-0.15, -0.1) is 0 Å². The summed E-state index contributed by atoms with van der Waals surface area (Å²) in [4.78, 5) is 29.0. The minimum atomic E-state index is -4.71. The molecule has 3 aromatic carbocycles. The first-order chi connectivity index (χ1) is 23.1. The lowest BCUT2D eigenvalue weighted by Gasteiger charge is -2.44. The minimum Gasteiger partial charge on any atom is -0.615 e. The molecule has 1 fully saturated rings. The number of likely N-dealkylation sites (N-methyl/N-ethyl adjacent to an activating group) is 2. The summed E-state index contributed by atoms with van der Waals surface area (Å²) in [5.74, 6) is -0.0316. The van der Waals surface area contributed by atoms with E-state index in [1.807, 2.05) is 12.1 Å². The molecule has 2 aliphatic rings. The van der Waals surface area contributed by atoms with Crippen molar-refractivity contribution in [2.24, 2.45) is 5.92 Å². The van der Waals surface area contributed by atoms with Gasteiger partial charge in [0, 0.05) is 49.6 Å². The summed E-state index contributed by atoms with van der Waals surface area (Å²) in [6.45, 7) is -0.268. The molecule has 0 N–H and O–H groups in total. The van der Waals surface area contributed by atoms with Gasteiger partial charge in [-0.3, -0.25) is 9.69 Å². The smallest absolute Gasteiger partial charge is 0.415 e. The molecule has 2 amide bonds. The second-order valence-electron chi connectivity index (χ2n) is 13.1. The average Bonchev–Trinajstić information content (AvgIpc) is 3.32. The number of rotatable bonds is 10. The fourth-order valence-corrected chi connectivity index (χ4v) is 9.68. The van der Waals surface area contributed by atoms with Gasteiger partial charge in [0.05, 0.1) is 15.6 Å². The van der Waals surface area contributed by atoms with Crippen LogP contribution in [-0.4, -0.2) is 53.2 Å². The number of carbonyl (C=O) groups excluding carboxylic acids is 2. The van der Waals surface area contributed by atoms with Crippen molar-refractivity contribution in [2.45, 2.75) is 73.6 Å². The Morgan fingerprint density at radius 3 is 2.31 bits per heavy atom. The van der Waals surface area contributed by atoms with Gasteiger partial charge in [-0.2, -0.15) is 13.2 Å². The zero-order valence-corrected chi connectivity index (χ0v) is 30.3. The molecule has 5 rings (SSSR count). The van der Waals surface area contributed by atoms with Crippen LogP contribution in [0.3, 0.4) is 0 Å². The highest BCUT2D eigenvalue weighted by molar-refractivity contribution is 7.92. The zero-order chi connectivity index (χ0) is 35.6. The quantitative estimate of drug-likeness (QED) is 0.193. The van der Waals surface area contributed by atoms with E-state index in [9.17, 15) is 27.3 Å². The minimum absolute atomic E-state index is 0.190. The van der Waals surface area contributed by atoms with E-state index in [-0.39, 0.29) is 33.5 Å². The molecule has 0 saturated heterocycles. The lowest BCUT2D eigenvalue weighted by Crippen LogP contribution is -2.55. The summed E-state index contributed by atoms with van der Waals surface area (Å²) in [5, 5.41) is 0.893. The SMILES string of the molecule is CN(C[C@](CCCC1CCC2(CC1)c1ccccc1C[S+]2[O-])(c1ccc(Cl)c(Cl)c1)N(C)C(=O)Oc1ccc(Cl)cc1)C(=O)CC(F)(F)F. The normalized spacial score (nSPS) is 21.6. The number of carbonyl (C=O) groups is 2. The molecule has 3 aromatic rings. The third kappa shape index (κ3) is 8.47. The van der Waals surface area contributed by atoms with Crippen LogP contribution in [0.4, 0.5) is 18.0 Å². The van der Waals surface area contributed by atoms with E-state index in [4.69, 9.17) is 39.5 Å². The fraction of sp³-hybridized carbons (Fsp3) is 0.444. The first kappa shape index (κ1) is 37.6. The van der Waals surface area contributed by atoms with Crippen LogP contribution in [0, 0.1) is 5.92 Å². The summed E-state index contributed by atoms with van der Waals surface area (Å²) >= 11 is 17.7. The van der Waals surface area contributed by atoms with Crippen molar-refractivity contribution in [2.75, 3.05) is 20.6 Å². The molecule has 1 spiro atoms. The Labute approximate surface area is 303 Å². The number of nitrogens with zero attached hydrogens (tertiary/aromatic N) is 2. The first-order valence-electron chi connectivity index (χ1n) is 16.1. The van der Waals surface area contributed by atoms with Gasteiger partial charge in [0.15, 0.2) is 4.75 Å². The number of hydrogen-bond donors (Lipinski definition) is 0. The van der Waals surface area contributed by atoms with Crippen molar-refractivity contribution >= 4 is 58.0 Å². The molecule has 0 radical (unpaired) electrons. The summed E-state index contributed by atoms with van der Waals surface area (Å²) in [6, 6.07) is 19.1. The molecule has 1 saturated carbocycles. The first-order valence-corrected chi connectivity index (χ1v) is 18.5. The van der Waals surface area contributed by atoms with Gasteiger partial charge in [-0.05, 0) is 78.3 Å². The molecule has 1 heterocycles. The molecule has 1 aliphatic heterocycles. The van der Waals surface area contributed by atoms with E-state index in [0.29, 0.717) is 28.7 Å². The number of amides is 2. The van der Waals surface area contributed by atoms with Crippen molar-refractivity contribution in [3.8, 4) is 5.75 Å². The van der Waals surface area contributed by atoms with Gasteiger partial charge in [0.1, 0.15) is 17.9 Å². The van der Waals surface area contributed by atoms with E-state index < -0.39 is 41.3 Å². The number of halogens is 6. The predicted octanol–water partition coefficient (Wildman–Crippen LogP) is 9.90. The second-order valence-corrected chi connectivity index (χ2v) is 16.1.